The number of halogens is 2. The molecule has 0 atom stereocenters. The van der Waals surface area contributed by atoms with Crippen molar-refractivity contribution in [1.82, 2.24) is 5.32 Å². The Morgan fingerprint density at radius 3 is 2.47 bits per heavy atom. The predicted octanol–water partition coefficient (Wildman–Crippen LogP) is 4.26. The lowest BCUT2D eigenvalue weighted by Gasteiger charge is -2.07. The first-order valence-corrected chi connectivity index (χ1v) is 7.00. The summed E-state index contributed by atoms with van der Waals surface area (Å²) in [4.78, 5) is 0. The Bertz CT molecular complexity index is 603. The van der Waals surface area contributed by atoms with Crippen molar-refractivity contribution in [2.24, 2.45) is 0 Å². The van der Waals surface area contributed by atoms with Gasteiger partial charge in [-0.05, 0) is 35.4 Å². The zero-order chi connectivity index (χ0) is 13.7. The van der Waals surface area contributed by atoms with Gasteiger partial charge in [-0.25, -0.2) is 0 Å². The highest BCUT2D eigenvalue weighted by atomic mass is 79.9. The highest BCUT2D eigenvalue weighted by molar-refractivity contribution is 9.10. The summed E-state index contributed by atoms with van der Waals surface area (Å²) in [5.41, 5.74) is 3.01. The topological polar surface area (TPSA) is 35.8 Å². The summed E-state index contributed by atoms with van der Waals surface area (Å²) in [6, 6.07) is 15.5. The molecule has 2 nitrogen and oxygen atoms in total. The maximum atomic E-state index is 8.72. The van der Waals surface area contributed by atoms with Crippen molar-refractivity contribution in [3.05, 3.63) is 68.7 Å². The van der Waals surface area contributed by atoms with E-state index < -0.39 is 0 Å². The Morgan fingerprint density at radius 2 is 1.84 bits per heavy atom. The molecule has 0 aromatic heterocycles. The molecule has 2 aromatic carbocycles. The summed E-state index contributed by atoms with van der Waals surface area (Å²) in [5, 5.41) is 12.8. The summed E-state index contributed by atoms with van der Waals surface area (Å²) in [5.74, 6) is 0. The highest BCUT2D eigenvalue weighted by Crippen LogP contribution is 2.21. The van der Waals surface area contributed by atoms with Crippen LogP contribution in [0.25, 0.3) is 0 Å². The van der Waals surface area contributed by atoms with Gasteiger partial charge in [-0.15, -0.1) is 0 Å². The van der Waals surface area contributed by atoms with Gasteiger partial charge in [0, 0.05) is 22.6 Å². The molecule has 0 fully saturated rings. The number of hydrogen-bond acceptors (Lipinski definition) is 2. The van der Waals surface area contributed by atoms with Gasteiger partial charge in [0.2, 0.25) is 0 Å². The van der Waals surface area contributed by atoms with Crippen LogP contribution in [-0.4, -0.2) is 0 Å². The molecule has 0 amide bonds. The van der Waals surface area contributed by atoms with Gasteiger partial charge in [-0.2, -0.15) is 5.26 Å². The number of rotatable bonds is 4. The van der Waals surface area contributed by atoms with E-state index in [0.29, 0.717) is 5.56 Å². The molecule has 0 aliphatic rings. The van der Waals surface area contributed by atoms with Crippen molar-refractivity contribution in [1.29, 1.82) is 5.26 Å². The lowest BCUT2D eigenvalue weighted by molar-refractivity contribution is 0.691. The van der Waals surface area contributed by atoms with Crippen molar-refractivity contribution in [3.63, 3.8) is 0 Å². The maximum Gasteiger partial charge on any atom is 0.0991 e. The second kappa shape index (κ2) is 6.72. The van der Waals surface area contributed by atoms with Gasteiger partial charge in [-0.1, -0.05) is 45.7 Å². The molecule has 0 saturated heterocycles. The Kier molecular flexibility index (Phi) is 4.98. The standard InChI is InChI=1S/C15H12BrClN2/c16-15-7-14(17)6-5-13(15)10-19-9-12-3-1-11(8-18)2-4-12/h1-7,19H,9-10H2. The minimum atomic E-state index is 0.684. The number of nitrogens with one attached hydrogen (secondary N) is 1. The van der Waals surface area contributed by atoms with Crippen LogP contribution in [0, 0.1) is 11.3 Å². The van der Waals surface area contributed by atoms with Crippen molar-refractivity contribution >= 4 is 27.5 Å². The zero-order valence-corrected chi connectivity index (χ0v) is 12.5. The Morgan fingerprint density at radius 1 is 1.11 bits per heavy atom. The molecule has 0 radical (unpaired) electrons. The molecular formula is C15H12BrClN2. The quantitative estimate of drug-likeness (QED) is 0.906. The van der Waals surface area contributed by atoms with Crippen molar-refractivity contribution in [2.45, 2.75) is 13.1 Å². The molecule has 0 aliphatic heterocycles. The number of nitriles is 1. The lowest BCUT2D eigenvalue weighted by Crippen LogP contribution is -2.12. The van der Waals surface area contributed by atoms with E-state index in [1.54, 1.807) is 0 Å². The Balaban J connectivity index is 1.91. The summed E-state index contributed by atoms with van der Waals surface area (Å²) in [6.07, 6.45) is 0. The fraction of sp³-hybridized carbons (Fsp3) is 0.133. The fourth-order valence-electron chi connectivity index (χ4n) is 1.70. The van der Waals surface area contributed by atoms with Gasteiger partial charge in [0.05, 0.1) is 11.6 Å². The molecular weight excluding hydrogens is 324 g/mol. The molecule has 0 unspecified atom stereocenters. The third-order valence-corrected chi connectivity index (χ3v) is 3.72. The van der Waals surface area contributed by atoms with Gasteiger partial charge < -0.3 is 5.32 Å². The second-order valence-corrected chi connectivity index (χ2v) is 5.44. The van der Waals surface area contributed by atoms with Crippen molar-refractivity contribution in [3.8, 4) is 6.07 Å². The SMILES string of the molecule is N#Cc1ccc(CNCc2ccc(Cl)cc2Br)cc1. The zero-order valence-electron chi connectivity index (χ0n) is 10.2. The molecule has 2 rings (SSSR count). The molecule has 2 aromatic rings. The molecule has 1 N–H and O–H groups in total. The van der Waals surface area contributed by atoms with Crippen molar-refractivity contribution < 1.29 is 0 Å². The third kappa shape index (κ3) is 4.07. The van der Waals surface area contributed by atoms with Crippen molar-refractivity contribution in [2.75, 3.05) is 0 Å². The molecule has 0 heterocycles. The van der Waals surface area contributed by atoms with E-state index in [-0.39, 0.29) is 0 Å². The molecule has 19 heavy (non-hydrogen) atoms. The van der Waals surface area contributed by atoms with Gasteiger partial charge >= 0.3 is 0 Å². The first kappa shape index (κ1) is 14.1. The van der Waals surface area contributed by atoms with Gasteiger partial charge in [0.15, 0.2) is 0 Å². The van der Waals surface area contributed by atoms with Gasteiger partial charge in [0.1, 0.15) is 0 Å². The molecule has 0 bridgehead atoms. The van der Waals surface area contributed by atoms with E-state index in [9.17, 15) is 0 Å². The molecule has 4 heteroatoms. The van der Waals surface area contributed by atoms with Crippen LogP contribution in [0.5, 0.6) is 0 Å². The minimum absolute atomic E-state index is 0.684. The van der Waals surface area contributed by atoms with E-state index in [2.05, 4.69) is 27.3 Å². The van der Waals surface area contributed by atoms with Crippen LogP contribution in [0.1, 0.15) is 16.7 Å². The Labute approximate surface area is 126 Å². The summed E-state index contributed by atoms with van der Waals surface area (Å²) >= 11 is 9.39. The number of hydrogen-bond donors (Lipinski definition) is 1. The van der Waals surface area contributed by atoms with E-state index in [4.69, 9.17) is 16.9 Å². The lowest BCUT2D eigenvalue weighted by atomic mass is 10.1. The molecule has 0 spiro atoms. The fourth-order valence-corrected chi connectivity index (χ4v) is 2.53. The average Bonchev–Trinajstić information content (AvgIpc) is 2.42. The minimum Gasteiger partial charge on any atom is -0.309 e. The van der Waals surface area contributed by atoms with Gasteiger partial charge in [0.25, 0.3) is 0 Å². The molecule has 0 aliphatic carbocycles. The van der Waals surface area contributed by atoms with Gasteiger partial charge in [-0.3, -0.25) is 0 Å². The largest absolute Gasteiger partial charge is 0.309 e. The second-order valence-electron chi connectivity index (χ2n) is 4.15. The van der Waals surface area contributed by atoms with Crippen LogP contribution in [0.3, 0.4) is 0 Å². The first-order valence-electron chi connectivity index (χ1n) is 5.83. The van der Waals surface area contributed by atoms with Crippen LogP contribution in [0.2, 0.25) is 5.02 Å². The van der Waals surface area contributed by atoms with Crippen LogP contribution < -0.4 is 5.32 Å². The highest BCUT2D eigenvalue weighted by Gasteiger charge is 2.00. The van der Waals surface area contributed by atoms with Crippen LogP contribution >= 0.6 is 27.5 Å². The van der Waals surface area contributed by atoms with E-state index >= 15 is 0 Å². The van der Waals surface area contributed by atoms with Crippen LogP contribution in [0.15, 0.2) is 46.9 Å². The predicted molar refractivity (Wildman–Crippen MR) is 80.9 cm³/mol. The smallest absolute Gasteiger partial charge is 0.0991 e. The number of nitrogens with zero attached hydrogens (tertiary/aromatic N) is 1. The Hall–Kier alpha value is -1.34. The summed E-state index contributed by atoms with van der Waals surface area (Å²) < 4.78 is 1.01. The third-order valence-electron chi connectivity index (χ3n) is 2.74. The molecule has 96 valence electrons. The van der Waals surface area contributed by atoms with Crippen LogP contribution in [-0.2, 0) is 13.1 Å². The monoisotopic (exact) mass is 334 g/mol. The summed E-state index contributed by atoms with van der Waals surface area (Å²) in [7, 11) is 0. The summed E-state index contributed by atoms with van der Waals surface area (Å²) in [6.45, 7) is 1.53. The average molecular weight is 336 g/mol. The van der Waals surface area contributed by atoms with E-state index in [1.165, 1.54) is 0 Å². The van der Waals surface area contributed by atoms with E-state index in [1.807, 2.05) is 42.5 Å². The normalized spacial score (nSPS) is 10.2. The van der Waals surface area contributed by atoms with E-state index in [0.717, 1.165) is 33.7 Å². The maximum absolute atomic E-state index is 8.72. The number of benzene rings is 2. The first-order chi connectivity index (χ1) is 9.19. The molecule has 0 saturated carbocycles. The van der Waals surface area contributed by atoms with Crippen LogP contribution in [0.4, 0.5) is 0 Å².